The maximum absolute atomic E-state index is 13.7. The molecule has 31 heavy (non-hydrogen) atoms. The zero-order valence-electron chi connectivity index (χ0n) is 18.3. The van der Waals surface area contributed by atoms with Crippen LogP contribution >= 0.6 is 11.8 Å². The monoisotopic (exact) mass is 438 g/mol. The zero-order chi connectivity index (χ0) is 21.6. The van der Waals surface area contributed by atoms with Crippen LogP contribution in [0.25, 0.3) is 4.91 Å². The molecule has 2 aliphatic heterocycles. The van der Waals surface area contributed by atoms with Crippen LogP contribution in [0.3, 0.4) is 0 Å². The molecule has 0 bridgehead atoms. The van der Waals surface area contributed by atoms with Gasteiger partial charge < -0.3 is 19.3 Å². The summed E-state index contributed by atoms with van der Waals surface area (Å²) in [5.74, 6) is 1.25. The maximum atomic E-state index is 13.7. The molecule has 0 unspecified atom stereocenters. The molecule has 164 valence electrons. The fraction of sp³-hybridized carbons (Fsp3) is 0.400. The van der Waals surface area contributed by atoms with E-state index in [2.05, 4.69) is 29.2 Å². The summed E-state index contributed by atoms with van der Waals surface area (Å²) < 4.78 is 11.8. The van der Waals surface area contributed by atoms with E-state index in [0.29, 0.717) is 25.5 Å². The minimum Gasteiger partial charge on any atom is -0.486 e. The summed E-state index contributed by atoms with van der Waals surface area (Å²) in [5.41, 5.74) is 3.27. The van der Waals surface area contributed by atoms with E-state index in [-0.39, 0.29) is 12.0 Å². The Morgan fingerprint density at radius 1 is 1.06 bits per heavy atom. The minimum absolute atomic E-state index is 0.0572. The number of thioether (sulfide) groups is 1. The Morgan fingerprint density at radius 2 is 1.84 bits per heavy atom. The molecule has 0 aromatic heterocycles. The lowest BCUT2D eigenvalue weighted by Gasteiger charge is -2.29. The van der Waals surface area contributed by atoms with Crippen LogP contribution in [0.5, 0.6) is 0 Å². The number of hydrogen-bond donors (Lipinski definition) is 0. The number of hydrogen-bond acceptors (Lipinski definition) is 5. The van der Waals surface area contributed by atoms with Crippen LogP contribution in [-0.4, -0.2) is 56.5 Å². The second-order valence-electron chi connectivity index (χ2n) is 8.10. The van der Waals surface area contributed by atoms with Crippen molar-refractivity contribution in [3.8, 4) is 0 Å². The highest BCUT2D eigenvalue weighted by Crippen LogP contribution is 2.35. The number of carbonyl (C=O) groups is 1. The Kier molecular flexibility index (Phi) is 7.20. The van der Waals surface area contributed by atoms with Crippen molar-refractivity contribution >= 4 is 28.3 Å². The largest absolute Gasteiger partial charge is 0.486 e. The highest BCUT2D eigenvalue weighted by Gasteiger charge is 2.30. The van der Waals surface area contributed by atoms with Gasteiger partial charge in [-0.25, -0.2) is 0 Å². The lowest BCUT2D eigenvalue weighted by molar-refractivity contribution is -0.132. The summed E-state index contributed by atoms with van der Waals surface area (Å²) >= 11 is 1.69. The molecule has 1 amide bonds. The molecule has 1 atom stereocenters. The van der Waals surface area contributed by atoms with Crippen LogP contribution in [0.2, 0.25) is 0 Å². The van der Waals surface area contributed by atoms with Gasteiger partial charge in [0.05, 0.1) is 17.6 Å². The fourth-order valence-electron chi connectivity index (χ4n) is 3.90. The Hall–Kier alpha value is -2.44. The van der Waals surface area contributed by atoms with Gasteiger partial charge in [-0.15, -0.1) is 11.8 Å². The number of ether oxygens (including phenoxy) is 2. The van der Waals surface area contributed by atoms with E-state index >= 15 is 0 Å². The molecule has 6 heteroatoms. The van der Waals surface area contributed by atoms with Gasteiger partial charge in [0, 0.05) is 45.2 Å². The molecule has 5 nitrogen and oxygen atoms in total. The van der Waals surface area contributed by atoms with Gasteiger partial charge in [-0.1, -0.05) is 42.5 Å². The van der Waals surface area contributed by atoms with Crippen LogP contribution in [-0.2, 0) is 20.8 Å². The predicted octanol–water partition coefficient (Wildman–Crippen LogP) is 4.39. The molecule has 0 N–H and O–H groups in total. The summed E-state index contributed by atoms with van der Waals surface area (Å²) in [6, 6.07) is 18.4. The van der Waals surface area contributed by atoms with Gasteiger partial charge in [0.15, 0.2) is 5.76 Å². The lowest BCUT2D eigenvalue weighted by atomic mass is 10.1. The van der Waals surface area contributed by atoms with E-state index in [1.165, 1.54) is 0 Å². The van der Waals surface area contributed by atoms with Crippen LogP contribution in [0, 0.1) is 0 Å². The third-order valence-corrected chi connectivity index (χ3v) is 6.65. The summed E-state index contributed by atoms with van der Waals surface area (Å²) in [6.07, 6.45) is 2.12. The Bertz CT molecular complexity index is 906. The molecule has 0 spiro atoms. The first kappa shape index (κ1) is 21.8. The standard InChI is InChI=1S/C25H30N2O3S/c1-26(2)21-12-10-19(11-13-21)17-27(18-22-9-6-14-29-22)25(28)23-24(31-16-15-30-23)20-7-4-3-5-8-20/h3-5,7-8,10-13,22H,6,9,14-18H2,1-2H3/t22-/m1/s1. The van der Waals surface area contributed by atoms with E-state index < -0.39 is 0 Å². The molecule has 0 radical (unpaired) electrons. The van der Waals surface area contributed by atoms with Crippen molar-refractivity contribution in [1.29, 1.82) is 0 Å². The second kappa shape index (κ2) is 10.2. The fourth-order valence-corrected chi connectivity index (χ4v) is 4.85. The molecule has 0 saturated carbocycles. The lowest BCUT2D eigenvalue weighted by Crippen LogP contribution is -2.39. The van der Waals surface area contributed by atoms with Crippen LogP contribution in [0.4, 0.5) is 5.69 Å². The molecule has 2 aromatic carbocycles. The smallest absolute Gasteiger partial charge is 0.290 e. The van der Waals surface area contributed by atoms with Crippen molar-refractivity contribution in [2.75, 3.05) is 44.5 Å². The maximum Gasteiger partial charge on any atom is 0.290 e. The Labute approximate surface area is 189 Å². The normalized spacial score (nSPS) is 18.6. The molecule has 0 aliphatic carbocycles. The number of nitrogens with zero attached hydrogens (tertiary/aromatic N) is 2. The molecule has 1 saturated heterocycles. The second-order valence-corrected chi connectivity index (χ2v) is 9.21. The number of amides is 1. The summed E-state index contributed by atoms with van der Waals surface area (Å²) in [7, 11) is 4.05. The topological polar surface area (TPSA) is 42.0 Å². The van der Waals surface area contributed by atoms with Crippen molar-refractivity contribution in [3.05, 3.63) is 71.5 Å². The number of carbonyl (C=O) groups excluding carboxylic acids is 1. The highest BCUT2D eigenvalue weighted by molar-refractivity contribution is 8.08. The molecule has 1 fully saturated rings. The molecule has 2 aromatic rings. The van der Waals surface area contributed by atoms with Gasteiger partial charge in [-0.2, -0.15) is 0 Å². The molecular formula is C25H30N2O3S. The van der Waals surface area contributed by atoms with Crippen molar-refractivity contribution in [2.24, 2.45) is 0 Å². The third kappa shape index (κ3) is 5.43. The van der Waals surface area contributed by atoms with E-state index in [1.807, 2.05) is 49.3 Å². The SMILES string of the molecule is CN(C)c1ccc(CN(C[C@H]2CCCO2)C(=O)C2=C(c3ccccc3)SCCO2)cc1. The summed E-state index contributed by atoms with van der Waals surface area (Å²) in [4.78, 5) is 18.6. The van der Waals surface area contributed by atoms with Gasteiger partial charge in [0.25, 0.3) is 5.91 Å². The number of anilines is 1. The first-order valence-corrected chi connectivity index (χ1v) is 11.8. The minimum atomic E-state index is -0.0572. The Balaban J connectivity index is 1.61. The molecular weight excluding hydrogens is 408 g/mol. The van der Waals surface area contributed by atoms with Crippen molar-refractivity contribution < 1.29 is 14.3 Å². The Morgan fingerprint density at radius 3 is 2.52 bits per heavy atom. The van der Waals surface area contributed by atoms with E-state index in [1.54, 1.807) is 11.8 Å². The van der Waals surface area contributed by atoms with Crippen LogP contribution < -0.4 is 4.90 Å². The van der Waals surface area contributed by atoms with E-state index in [4.69, 9.17) is 9.47 Å². The quantitative estimate of drug-likeness (QED) is 0.641. The number of benzene rings is 2. The first-order valence-electron chi connectivity index (χ1n) is 10.8. The van der Waals surface area contributed by atoms with E-state index in [0.717, 1.165) is 46.9 Å². The molecule has 2 aliphatic rings. The van der Waals surface area contributed by atoms with Crippen LogP contribution in [0.15, 0.2) is 60.4 Å². The van der Waals surface area contributed by atoms with Crippen molar-refractivity contribution in [3.63, 3.8) is 0 Å². The van der Waals surface area contributed by atoms with Gasteiger partial charge in [0.2, 0.25) is 0 Å². The van der Waals surface area contributed by atoms with E-state index in [9.17, 15) is 4.79 Å². The summed E-state index contributed by atoms with van der Waals surface area (Å²) in [6.45, 7) is 2.43. The number of rotatable bonds is 7. The van der Waals surface area contributed by atoms with Crippen molar-refractivity contribution in [2.45, 2.75) is 25.5 Å². The average Bonchev–Trinajstić information content (AvgIpc) is 3.32. The van der Waals surface area contributed by atoms with Crippen LogP contribution in [0.1, 0.15) is 24.0 Å². The first-order chi connectivity index (χ1) is 15.1. The highest BCUT2D eigenvalue weighted by atomic mass is 32.2. The summed E-state index contributed by atoms with van der Waals surface area (Å²) in [5, 5.41) is 0. The predicted molar refractivity (Wildman–Crippen MR) is 127 cm³/mol. The van der Waals surface area contributed by atoms with Gasteiger partial charge in [-0.3, -0.25) is 4.79 Å². The van der Waals surface area contributed by atoms with Crippen molar-refractivity contribution in [1.82, 2.24) is 4.90 Å². The molecule has 2 heterocycles. The zero-order valence-corrected chi connectivity index (χ0v) is 19.1. The van der Waals surface area contributed by atoms with Gasteiger partial charge >= 0.3 is 0 Å². The molecule has 4 rings (SSSR count). The van der Waals surface area contributed by atoms with Gasteiger partial charge in [0.1, 0.15) is 0 Å². The van der Waals surface area contributed by atoms with Gasteiger partial charge in [-0.05, 0) is 36.1 Å². The average molecular weight is 439 g/mol. The third-order valence-electron chi connectivity index (χ3n) is 5.57.